The van der Waals surface area contributed by atoms with Crippen molar-refractivity contribution < 1.29 is 9.53 Å². The van der Waals surface area contributed by atoms with Crippen LogP contribution in [0.1, 0.15) is 18.2 Å². The van der Waals surface area contributed by atoms with Gasteiger partial charge in [0.15, 0.2) is 5.13 Å². The van der Waals surface area contributed by atoms with Gasteiger partial charge in [-0.1, -0.05) is 17.7 Å². The number of benzene rings is 1. The molecule has 2 rings (SSSR count). The predicted octanol–water partition coefficient (Wildman–Crippen LogP) is 3.95. The fourth-order valence-corrected chi connectivity index (χ4v) is 2.54. The van der Waals surface area contributed by atoms with E-state index < -0.39 is 0 Å². The molecule has 0 amide bonds. The average Bonchev–Trinajstić information content (AvgIpc) is 2.81. The number of halogens is 1. The summed E-state index contributed by atoms with van der Waals surface area (Å²) in [5, 5.41) is 6.34. The number of hydrogen-bond donors (Lipinski definition) is 1. The number of esters is 1. The van der Waals surface area contributed by atoms with Gasteiger partial charge in [-0.05, 0) is 31.5 Å². The van der Waals surface area contributed by atoms with Crippen molar-refractivity contribution in [1.29, 1.82) is 0 Å². The normalized spacial score (nSPS) is 10.3. The minimum absolute atomic E-state index is 0.188. The minimum Gasteiger partial charge on any atom is -0.466 e. The van der Waals surface area contributed by atoms with Crippen LogP contribution in [0.3, 0.4) is 0 Å². The highest BCUT2D eigenvalue weighted by Gasteiger charge is 2.09. The maximum atomic E-state index is 11.4. The summed E-state index contributed by atoms with van der Waals surface area (Å²) in [5.74, 6) is -0.266. The molecule has 0 unspecified atom stereocenters. The van der Waals surface area contributed by atoms with Gasteiger partial charge < -0.3 is 10.1 Å². The summed E-state index contributed by atoms with van der Waals surface area (Å²) in [4.78, 5) is 15.7. The number of thiazole rings is 1. The first-order valence-corrected chi connectivity index (χ1v) is 7.47. The minimum atomic E-state index is -0.266. The summed E-state index contributed by atoms with van der Waals surface area (Å²) < 4.78 is 4.89. The molecule has 0 bridgehead atoms. The van der Waals surface area contributed by atoms with Gasteiger partial charge in [-0.25, -0.2) is 4.98 Å². The van der Waals surface area contributed by atoms with Crippen molar-refractivity contribution in [2.45, 2.75) is 20.3 Å². The van der Waals surface area contributed by atoms with Crippen molar-refractivity contribution in [2.75, 3.05) is 11.9 Å². The molecule has 1 aromatic carbocycles. The number of nitrogens with zero attached hydrogens (tertiary/aromatic N) is 1. The highest BCUT2D eigenvalue weighted by molar-refractivity contribution is 7.13. The number of aromatic nitrogens is 1. The lowest BCUT2D eigenvalue weighted by molar-refractivity contribution is -0.142. The van der Waals surface area contributed by atoms with Gasteiger partial charge in [-0.2, -0.15) is 0 Å². The van der Waals surface area contributed by atoms with E-state index in [2.05, 4.69) is 10.3 Å². The van der Waals surface area contributed by atoms with Gasteiger partial charge in [0.05, 0.1) is 29.4 Å². The van der Waals surface area contributed by atoms with Crippen molar-refractivity contribution in [3.63, 3.8) is 0 Å². The summed E-state index contributed by atoms with van der Waals surface area (Å²) in [6.45, 7) is 4.16. The lowest BCUT2D eigenvalue weighted by Crippen LogP contribution is -2.07. The Morgan fingerprint density at radius 3 is 3.05 bits per heavy atom. The van der Waals surface area contributed by atoms with E-state index in [0.717, 1.165) is 11.3 Å². The maximum Gasteiger partial charge on any atom is 0.311 e. The van der Waals surface area contributed by atoms with Crippen LogP contribution >= 0.6 is 22.9 Å². The molecule has 0 aliphatic rings. The van der Waals surface area contributed by atoms with Crippen molar-refractivity contribution >= 4 is 39.7 Å². The first-order chi connectivity index (χ1) is 9.58. The standard InChI is InChI=1S/C14H15ClN2O2S/c1-3-19-13(18)7-10-8-20-14(16-10)17-12-6-9(2)4-5-11(12)15/h4-6,8H,3,7H2,1-2H3,(H,16,17). The molecule has 106 valence electrons. The number of nitrogens with one attached hydrogen (secondary N) is 1. The van der Waals surface area contributed by atoms with Crippen LogP contribution in [0.25, 0.3) is 0 Å². The van der Waals surface area contributed by atoms with E-state index in [9.17, 15) is 4.79 Å². The highest BCUT2D eigenvalue weighted by atomic mass is 35.5. The smallest absolute Gasteiger partial charge is 0.311 e. The Balaban J connectivity index is 2.06. The zero-order chi connectivity index (χ0) is 14.5. The molecule has 1 heterocycles. The van der Waals surface area contributed by atoms with E-state index in [1.54, 1.807) is 6.92 Å². The summed E-state index contributed by atoms with van der Waals surface area (Å²) in [5.41, 5.74) is 2.61. The number of rotatable bonds is 5. The number of carbonyl (C=O) groups is 1. The van der Waals surface area contributed by atoms with E-state index in [0.29, 0.717) is 22.5 Å². The number of carbonyl (C=O) groups excluding carboxylic acids is 1. The van der Waals surface area contributed by atoms with Crippen LogP contribution < -0.4 is 5.32 Å². The molecule has 0 atom stereocenters. The Hall–Kier alpha value is -1.59. The fraction of sp³-hybridized carbons (Fsp3) is 0.286. The van der Waals surface area contributed by atoms with Crippen LogP contribution in [-0.4, -0.2) is 17.6 Å². The third kappa shape index (κ3) is 3.95. The Labute approximate surface area is 126 Å². The van der Waals surface area contributed by atoms with E-state index in [1.807, 2.05) is 30.5 Å². The molecule has 0 saturated carbocycles. The number of aryl methyl sites for hydroxylation is 1. The first kappa shape index (κ1) is 14.8. The van der Waals surface area contributed by atoms with Crippen molar-refractivity contribution in [1.82, 2.24) is 4.98 Å². The highest BCUT2D eigenvalue weighted by Crippen LogP contribution is 2.28. The molecule has 0 aliphatic heterocycles. The van der Waals surface area contributed by atoms with Gasteiger partial charge in [0.1, 0.15) is 0 Å². The zero-order valence-electron chi connectivity index (χ0n) is 11.3. The van der Waals surface area contributed by atoms with Gasteiger partial charge in [0.25, 0.3) is 0 Å². The second-order valence-corrected chi connectivity index (χ2v) is 5.50. The molecule has 0 radical (unpaired) electrons. The summed E-state index contributed by atoms with van der Waals surface area (Å²) >= 11 is 7.55. The van der Waals surface area contributed by atoms with E-state index in [4.69, 9.17) is 16.3 Å². The number of anilines is 2. The largest absolute Gasteiger partial charge is 0.466 e. The molecule has 0 spiro atoms. The molecule has 4 nitrogen and oxygen atoms in total. The number of ether oxygens (including phenoxy) is 1. The molecular weight excluding hydrogens is 296 g/mol. The van der Waals surface area contributed by atoms with Gasteiger partial charge in [-0.15, -0.1) is 11.3 Å². The average molecular weight is 311 g/mol. The topological polar surface area (TPSA) is 51.2 Å². The van der Waals surface area contributed by atoms with E-state index >= 15 is 0 Å². The Morgan fingerprint density at radius 2 is 2.30 bits per heavy atom. The first-order valence-electron chi connectivity index (χ1n) is 6.21. The molecule has 20 heavy (non-hydrogen) atoms. The second kappa shape index (κ2) is 6.72. The van der Waals surface area contributed by atoms with E-state index in [1.165, 1.54) is 11.3 Å². The van der Waals surface area contributed by atoms with Crippen LogP contribution in [0.4, 0.5) is 10.8 Å². The second-order valence-electron chi connectivity index (χ2n) is 4.23. The van der Waals surface area contributed by atoms with Crippen LogP contribution in [0.2, 0.25) is 5.02 Å². The third-order valence-corrected chi connectivity index (χ3v) is 3.68. The Bertz CT molecular complexity index is 613. The molecule has 1 N–H and O–H groups in total. The van der Waals surface area contributed by atoms with Crippen LogP contribution in [-0.2, 0) is 16.0 Å². The molecule has 6 heteroatoms. The molecule has 0 saturated heterocycles. The maximum absolute atomic E-state index is 11.4. The van der Waals surface area contributed by atoms with Gasteiger partial charge >= 0.3 is 5.97 Å². The number of hydrogen-bond acceptors (Lipinski definition) is 5. The van der Waals surface area contributed by atoms with Crippen LogP contribution in [0, 0.1) is 6.92 Å². The van der Waals surface area contributed by atoms with Crippen molar-refractivity contribution in [3.05, 3.63) is 39.9 Å². The molecular formula is C14H15ClN2O2S. The Kier molecular flexibility index (Phi) is 4.98. The van der Waals surface area contributed by atoms with Crippen LogP contribution in [0.15, 0.2) is 23.6 Å². The fourth-order valence-electron chi connectivity index (χ4n) is 1.66. The van der Waals surface area contributed by atoms with E-state index in [-0.39, 0.29) is 12.4 Å². The molecule has 2 aromatic rings. The molecule has 0 fully saturated rings. The third-order valence-electron chi connectivity index (χ3n) is 2.55. The van der Waals surface area contributed by atoms with Gasteiger partial charge in [-0.3, -0.25) is 4.79 Å². The Morgan fingerprint density at radius 1 is 1.50 bits per heavy atom. The zero-order valence-corrected chi connectivity index (χ0v) is 12.8. The van der Waals surface area contributed by atoms with Crippen molar-refractivity contribution in [2.24, 2.45) is 0 Å². The summed E-state index contributed by atoms with van der Waals surface area (Å²) in [6, 6.07) is 5.74. The van der Waals surface area contributed by atoms with Gasteiger partial charge in [0, 0.05) is 5.38 Å². The summed E-state index contributed by atoms with van der Waals surface area (Å²) in [6.07, 6.45) is 0.188. The van der Waals surface area contributed by atoms with Crippen molar-refractivity contribution in [3.8, 4) is 0 Å². The summed E-state index contributed by atoms with van der Waals surface area (Å²) in [7, 11) is 0. The lowest BCUT2D eigenvalue weighted by Gasteiger charge is -2.06. The predicted molar refractivity (Wildman–Crippen MR) is 81.9 cm³/mol. The molecule has 0 aliphatic carbocycles. The van der Waals surface area contributed by atoms with Crippen LogP contribution in [0.5, 0.6) is 0 Å². The van der Waals surface area contributed by atoms with Gasteiger partial charge in [0.2, 0.25) is 0 Å². The monoisotopic (exact) mass is 310 g/mol. The molecule has 1 aromatic heterocycles. The SMILES string of the molecule is CCOC(=O)Cc1csc(Nc2cc(C)ccc2Cl)n1. The lowest BCUT2D eigenvalue weighted by atomic mass is 10.2. The quantitative estimate of drug-likeness (QED) is 0.849.